The molecule has 1 heterocycles. The summed E-state index contributed by atoms with van der Waals surface area (Å²) in [6.45, 7) is 1.68. The van der Waals surface area contributed by atoms with Crippen LogP contribution in [0.2, 0.25) is 0 Å². The van der Waals surface area contributed by atoms with Crippen LogP contribution in [0.15, 0.2) is 29.2 Å². The summed E-state index contributed by atoms with van der Waals surface area (Å²) in [6.07, 6.45) is -0.477. The number of benzene rings is 1. The van der Waals surface area contributed by atoms with Crippen molar-refractivity contribution < 1.29 is 27.4 Å². The van der Waals surface area contributed by atoms with Gasteiger partial charge in [0, 0.05) is 6.54 Å². The Balaban J connectivity index is 0.00000242. The molecular formula is C12H13N2NaO6S. The summed E-state index contributed by atoms with van der Waals surface area (Å²) in [7, 11) is -4.46. The van der Waals surface area contributed by atoms with E-state index >= 15 is 0 Å². The fraction of sp³-hybridized carbons (Fsp3) is 0.250. The fourth-order valence-electron chi connectivity index (χ4n) is 1.99. The van der Waals surface area contributed by atoms with Gasteiger partial charge in [0.25, 0.3) is 10.1 Å². The number of urea groups is 1. The fourth-order valence-corrected chi connectivity index (χ4v) is 2.51. The molecule has 10 heteroatoms. The molecule has 2 rings (SSSR count). The summed E-state index contributed by atoms with van der Waals surface area (Å²) >= 11 is 0. The van der Waals surface area contributed by atoms with Crippen LogP contribution >= 0.6 is 0 Å². The molecule has 0 aliphatic carbocycles. The molecule has 1 aliphatic rings. The topological polar surface area (TPSA) is 112 Å². The molecule has 0 atom stereocenters. The van der Waals surface area contributed by atoms with E-state index < -0.39 is 39.3 Å². The zero-order chi connectivity index (χ0) is 15.8. The number of imide groups is 2. The van der Waals surface area contributed by atoms with Crippen LogP contribution in [-0.4, -0.2) is 71.8 Å². The Labute approximate surface area is 149 Å². The second-order valence-electron chi connectivity index (χ2n) is 4.30. The predicted molar refractivity (Wildman–Crippen MR) is 78.3 cm³/mol. The zero-order valence-electron chi connectivity index (χ0n) is 11.0. The van der Waals surface area contributed by atoms with E-state index in [1.165, 1.54) is 12.1 Å². The van der Waals surface area contributed by atoms with Crippen molar-refractivity contribution in [1.82, 2.24) is 4.90 Å². The van der Waals surface area contributed by atoms with Crippen LogP contribution in [0.3, 0.4) is 0 Å². The average Bonchev–Trinajstić information content (AvgIpc) is 2.38. The van der Waals surface area contributed by atoms with Gasteiger partial charge in [0.2, 0.25) is 11.8 Å². The van der Waals surface area contributed by atoms with Crippen molar-refractivity contribution in [2.45, 2.75) is 18.2 Å². The molecule has 0 aromatic heterocycles. The quantitative estimate of drug-likeness (QED) is 0.472. The molecule has 1 fully saturated rings. The van der Waals surface area contributed by atoms with E-state index in [0.717, 1.165) is 21.9 Å². The van der Waals surface area contributed by atoms with Gasteiger partial charge >= 0.3 is 35.6 Å². The third-order valence-corrected chi connectivity index (χ3v) is 3.81. The second kappa shape index (κ2) is 6.88. The first-order valence-corrected chi connectivity index (χ1v) is 7.44. The van der Waals surface area contributed by atoms with E-state index in [1.54, 1.807) is 6.92 Å². The van der Waals surface area contributed by atoms with Crippen LogP contribution in [0.4, 0.5) is 10.5 Å². The average molecular weight is 336 g/mol. The van der Waals surface area contributed by atoms with Gasteiger partial charge < -0.3 is 0 Å². The molecule has 1 aromatic carbocycles. The number of carbonyl (C=O) groups is 3. The van der Waals surface area contributed by atoms with Crippen LogP contribution in [0.5, 0.6) is 0 Å². The number of hydrogen-bond donors (Lipinski definition) is 1. The van der Waals surface area contributed by atoms with Crippen LogP contribution in [0.25, 0.3) is 0 Å². The van der Waals surface area contributed by atoms with Crippen LogP contribution < -0.4 is 4.90 Å². The number of nitrogens with zero attached hydrogens (tertiary/aromatic N) is 2. The maximum atomic E-state index is 12.1. The molecule has 0 spiro atoms. The van der Waals surface area contributed by atoms with Crippen LogP contribution in [0, 0.1) is 0 Å². The van der Waals surface area contributed by atoms with Gasteiger partial charge in [0.15, 0.2) is 0 Å². The van der Waals surface area contributed by atoms with Crippen molar-refractivity contribution in [3.05, 3.63) is 24.3 Å². The monoisotopic (exact) mass is 336 g/mol. The standard InChI is InChI=1S/C12H12N2O6S.Na.H/c1-2-13-10(15)7-11(16)14(12(13)17)8-4-3-5-9(6-8)21(18,19)20;;/h3-6H,2,7H2,1H3,(H,18,19,20);;. The number of carbonyl (C=O) groups excluding carboxylic acids is 3. The van der Waals surface area contributed by atoms with Gasteiger partial charge in [-0.1, -0.05) is 6.07 Å². The van der Waals surface area contributed by atoms with E-state index in [1.807, 2.05) is 0 Å². The van der Waals surface area contributed by atoms with Gasteiger partial charge in [-0.3, -0.25) is 19.0 Å². The van der Waals surface area contributed by atoms with Gasteiger partial charge in [-0.05, 0) is 25.1 Å². The van der Waals surface area contributed by atoms with Crippen molar-refractivity contribution in [1.29, 1.82) is 0 Å². The van der Waals surface area contributed by atoms with E-state index in [9.17, 15) is 22.8 Å². The SMILES string of the molecule is CCN1C(=O)CC(=O)N(c2cccc(S(=O)(=O)O)c2)C1=O.[NaH]. The van der Waals surface area contributed by atoms with E-state index in [-0.39, 0.29) is 41.8 Å². The van der Waals surface area contributed by atoms with Gasteiger partial charge in [0.05, 0.1) is 10.6 Å². The Morgan fingerprint density at radius 1 is 1.18 bits per heavy atom. The number of barbiturate groups is 1. The summed E-state index contributed by atoms with van der Waals surface area (Å²) < 4.78 is 31.2. The Bertz CT molecular complexity index is 733. The molecule has 22 heavy (non-hydrogen) atoms. The summed E-state index contributed by atoms with van der Waals surface area (Å²) in [5.74, 6) is -1.35. The van der Waals surface area contributed by atoms with Crippen molar-refractivity contribution in [2.24, 2.45) is 0 Å². The summed E-state index contributed by atoms with van der Waals surface area (Å²) in [4.78, 5) is 36.8. The molecule has 114 valence electrons. The van der Waals surface area contributed by atoms with Crippen molar-refractivity contribution in [3.8, 4) is 0 Å². The van der Waals surface area contributed by atoms with Gasteiger partial charge in [-0.2, -0.15) is 8.42 Å². The third-order valence-electron chi connectivity index (χ3n) is 2.97. The molecule has 0 radical (unpaired) electrons. The van der Waals surface area contributed by atoms with Crippen molar-refractivity contribution in [3.63, 3.8) is 0 Å². The molecule has 8 nitrogen and oxygen atoms in total. The first-order chi connectivity index (χ1) is 9.75. The Kier molecular flexibility index (Phi) is 5.88. The summed E-state index contributed by atoms with van der Waals surface area (Å²) in [5, 5.41) is 0. The van der Waals surface area contributed by atoms with Crippen molar-refractivity contribution in [2.75, 3.05) is 11.4 Å². The third kappa shape index (κ3) is 3.55. The Morgan fingerprint density at radius 2 is 1.82 bits per heavy atom. The number of amides is 4. The summed E-state index contributed by atoms with van der Waals surface area (Å²) in [6, 6.07) is 3.90. The molecule has 1 aromatic rings. The number of hydrogen-bond acceptors (Lipinski definition) is 5. The molecule has 1 N–H and O–H groups in total. The van der Waals surface area contributed by atoms with Crippen molar-refractivity contribution >= 4 is 63.2 Å². The summed E-state index contributed by atoms with van der Waals surface area (Å²) in [5.41, 5.74) is -0.0222. The maximum absolute atomic E-state index is 12.1. The molecule has 1 aliphatic heterocycles. The van der Waals surface area contributed by atoms with E-state index in [4.69, 9.17) is 4.55 Å². The van der Waals surface area contributed by atoms with Gasteiger partial charge in [0.1, 0.15) is 6.42 Å². The minimum absolute atomic E-state index is 0. The minimum atomic E-state index is -4.46. The van der Waals surface area contributed by atoms with E-state index in [0.29, 0.717) is 0 Å². The number of rotatable bonds is 3. The number of anilines is 1. The molecular weight excluding hydrogens is 323 g/mol. The van der Waals surface area contributed by atoms with Crippen LogP contribution in [-0.2, 0) is 19.7 Å². The first kappa shape index (κ1) is 18.8. The normalized spacial score (nSPS) is 15.8. The zero-order valence-corrected chi connectivity index (χ0v) is 11.8. The van der Waals surface area contributed by atoms with Gasteiger partial charge in [-0.15, -0.1) is 0 Å². The Morgan fingerprint density at radius 3 is 2.36 bits per heavy atom. The second-order valence-corrected chi connectivity index (χ2v) is 5.72. The first-order valence-electron chi connectivity index (χ1n) is 6.00. The molecule has 0 bridgehead atoms. The van der Waals surface area contributed by atoms with Gasteiger partial charge in [-0.25, -0.2) is 9.69 Å². The molecule has 0 unspecified atom stereocenters. The predicted octanol–water partition coefficient (Wildman–Crippen LogP) is -0.01000. The molecule has 1 saturated heterocycles. The molecule has 0 saturated carbocycles. The van der Waals surface area contributed by atoms with Crippen LogP contribution in [0.1, 0.15) is 13.3 Å². The molecule has 4 amide bonds. The van der Waals surface area contributed by atoms with E-state index in [2.05, 4.69) is 0 Å². The Hall–Kier alpha value is -1.26.